The third-order valence-electron chi connectivity index (χ3n) is 6.70. The average Bonchev–Trinajstić information content (AvgIpc) is 2.74. The smallest absolute Gasteiger partial charge is 0.402 e. The van der Waals surface area contributed by atoms with E-state index in [1.165, 1.54) is 103 Å². The average molecular weight is 459 g/mol. The maximum atomic E-state index is 9.37. The van der Waals surface area contributed by atoms with E-state index < -0.39 is 7.32 Å². The summed E-state index contributed by atoms with van der Waals surface area (Å²) in [6.45, 7) is 9.39. The van der Waals surface area contributed by atoms with Crippen molar-refractivity contribution in [1.82, 2.24) is 0 Å². The van der Waals surface area contributed by atoms with Crippen LogP contribution in [-0.2, 0) is 4.65 Å². The molecule has 0 aliphatic heterocycles. The fourth-order valence-electron chi connectivity index (χ4n) is 4.91. The molecule has 186 valence electrons. The van der Waals surface area contributed by atoms with Crippen molar-refractivity contribution < 1.29 is 14.7 Å². The van der Waals surface area contributed by atoms with Gasteiger partial charge < -0.3 is 14.7 Å². The molecule has 0 spiro atoms. The summed E-state index contributed by atoms with van der Waals surface area (Å²) < 4.78 is 5.06. The van der Waals surface area contributed by atoms with Crippen LogP contribution >= 0.6 is 12.6 Å². The zero-order valence-corrected chi connectivity index (χ0v) is 22.3. The lowest BCUT2D eigenvalue weighted by Crippen LogP contribution is -2.37. The second-order valence-electron chi connectivity index (χ2n) is 9.99. The van der Waals surface area contributed by atoms with Crippen LogP contribution in [0.2, 0.25) is 0 Å². The molecule has 0 aromatic heterocycles. The minimum atomic E-state index is -1.70. The number of thiol groups is 1. The molecule has 0 saturated heterocycles. The largest absolute Gasteiger partial charge is 0.633 e. The first-order valence-electron chi connectivity index (χ1n) is 13.6. The zero-order chi connectivity index (χ0) is 23.4. The summed E-state index contributed by atoms with van der Waals surface area (Å²) in [6, 6.07) is 0. The molecule has 0 saturated carbocycles. The summed E-state index contributed by atoms with van der Waals surface area (Å²) in [7, 11) is -1.70. The lowest BCUT2D eigenvalue weighted by molar-refractivity contribution is 0.140. The Morgan fingerprint density at radius 3 is 1.39 bits per heavy atom. The van der Waals surface area contributed by atoms with Crippen LogP contribution in [0.3, 0.4) is 0 Å². The lowest BCUT2D eigenvalue weighted by atomic mass is 9.79. The Bertz CT molecular complexity index is 356. The van der Waals surface area contributed by atoms with Crippen molar-refractivity contribution in [3.05, 3.63) is 0 Å². The van der Waals surface area contributed by atoms with Crippen molar-refractivity contribution in [1.29, 1.82) is 0 Å². The van der Waals surface area contributed by atoms with Gasteiger partial charge >= 0.3 is 7.32 Å². The highest BCUT2D eigenvalue weighted by atomic mass is 32.1. The Hall–Kier alpha value is 0.295. The molecule has 0 bridgehead atoms. The van der Waals surface area contributed by atoms with Crippen molar-refractivity contribution >= 4 is 20.0 Å². The van der Waals surface area contributed by atoms with E-state index in [0.29, 0.717) is 18.4 Å². The molecular weight excluding hydrogens is 403 g/mol. The predicted octanol–water partition coefficient (Wildman–Crippen LogP) is 7.97. The molecule has 2 atom stereocenters. The maximum absolute atomic E-state index is 9.37. The van der Waals surface area contributed by atoms with Crippen molar-refractivity contribution in [2.24, 2.45) is 11.8 Å². The standard InChI is InChI=1S/C26H55BO3S/c1-5-9-13-15-19-24(17-11-7-3)21-26(31,23-30-27(28)29)22-25(18-12-8-4)20-16-14-10-6-2/h24-25,28-29,31H,5-23H2,1-4H3. The van der Waals surface area contributed by atoms with Gasteiger partial charge in [0.2, 0.25) is 0 Å². The zero-order valence-electron chi connectivity index (χ0n) is 21.4. The predicted molar refractivity (Wildman–Crippen MR) is 141 cm³/mol. The summed E-state index contributed by atoms with van der Waals surface area (Å²) in [5.74, 6) is 1.31. The van der Waals surface area contributed by atoms with Gasteiger partial charge in [-0.3, -0.25) is 0 Å². The van der Waals surface area contributed by atoms with E-state index in [2.05, 4.69) is 27.7 Å². The monoisotopic (exact) mass is 458 g/mol. The van der Waals surface area contributed by atoms with E-state index in [1.54, 1.807) is 0 Å². The summed E-state index contributed by atoms with van der Waals surface area (Å²) in [5, 5.41) is 18.7. The van der Waals surface area contributed by atoms with E-state index in [4.69, 9.17) is 17.3 Å². The first-order chi connectivity index (χ1) is 14.9. The van der Waals surface area contributed by atoms with Crippen LogP contribution in [0, 0.1) is 11.8 Å². The molecule has 5 heteroatoms. The number of unbranched alkanes of at least 4 members (excludes halogenated alkanes) is 8. The highest BCUT2D eigenvalue weighted by molar-refractivity contribution is 7.81. The van der Waals surface area contributed by atoms with Gasteiger partial charge in [0.05, 0.1) is 0 Å². The van der Waals surface area contributed by atoms with Gasteiger partial charge in [0.1, 0.15) is 0 Å². The van der Waals surface area contributed by atoms with Crippen LogP contribution in [0.4, 0.5) is 0 Å². The van der Waals surface area contributed by atoms with Gasteiger partial charge in [-0.05, 0) is 24.7 Å². The topological polar surface area (TPSA) is 49.7 Å². The van der Waals surface area contributed by atoms with Crippen molar-refractivity contribution in [3.63, 3.8) is 0 Å². The molecule has 0 aliphatic rings. The van der Waals surface area contributed by atoms with Crippen LogP contribution in [0.1, 0.15) is 143 Å². The third kappa shape index (κ3) is 18.4. The Morgan fingerprint density at radius 1 is 0.645 bits per heavy atom. The molecule has 0 aliphatic carbocycles. The summed E-state index contributed by atoms with van der Waals surface area (Å²) >= 11 is 5.20. The fraction of sp³-hybridized carbons (Fsp3) is 1.00. The minimum absolute atomic E-state index is 0.282. The van der Waals surface area contributed by atoms with Gasteiger partial charge in [-0.25, -0.2) is 0 Å². The van der Waals surface area contributed by atoms with Gasteiger partial charge in [0.25, 0.3) is 0 Å². The van der Waals surface area contributed by atoms with Crippen molar-refractivity contribution in [2.75, 3.05) is 6.61 Å². The summed E-state index contributed by atoms with van der Waals surface area (Å²) in [5.41, 5.74) is 0. The minimum Gasteiger partial charge on any atom is -0.402 e. The van der Waals surface area contributed by atoms with Gasteiger partial charge in [0.15, 0.2) is 0 Å². The van der Waals surface area contributed by atoms with E-state index in [-0.39, 0.29) is 4.75 Å². The first kappa shape index (κ1) is 31.3. The summed E-state index contributed by atoms with van der Waals surface area (Å²) in [6.07, 6.45) is 22.5. The molecule has 0 radical (unpaired) electrons. The Labute approximate surface area is 201 Å². The quantitative estimate of drug-likeness (QED) is 0.0826. The molecule has 0 aromatic rings. The second kappa shape index (κ2) is 20.9. The van der Waals surface area contributed by atoms with Gasteiger partial charge in [0, 0.05) is 11.4 Å². The molecule has 0 heterocycles. The normalized spacial score (nSPS) is 15.6. The molecular formula is C26H55BO3S. The second-order valence-corrected chi connectivity index (χ2v) is 10.9. The SMILES string of the molecule is CCCCCCC(CCCC)CC(S)(COB(O)O)CC(CCCC)CCCCCC. The maximum Gasteiger partial charge on any atom is 0.633 e. The number of rotatable bonds is 23. The van der Waals surface area contributed by atoms with E-state index in [9.17, 15) is 10.0 Å². The van der Waals surface area contributed by atoms with Crippen LogP contribution < -0.4 is 0 Å². The Morgan fingerprint density at radius 2 is 1.03 bits per heavy atom. The van der Waals surface area contributed by atoms with Crippen LogP contribution in [0.25, 0.3) is 0 Å². The van der Waals surface area contributed by atoms with Crippen molar-refractivity contribution in [2.45, 2.75) is 148 Å². The molecule has 3 nitrogen and oxygen atoms in total. The van der Waals surface area contributed by atoms with Crippen molar-refractivity contribution in [3.8, 4) is 0 Å². The Kier molecular flexibility index (Phi) is 21.1. The highest BCUT2D eigenvalue weighted by Gasteiger charge is 2.33. The molecule has 0 amide bonds. The summed E-state index contributed by atoms with van der Waals surface area (Å²) in [4.78, 5) is 0. The van der Waals surface area contributed by atoms with Gasteiger partial charge in [-0.15, -0.1) is 0 Å². The third-order valence-corrected chi connectivity index (χ3v) is 7.20. The number of hydrogen-bond acceptors (Lipinski definition) is 4. The molecule has 0 fully saturated rings. The van der Waals surface area contributed by atoms with E-state index in [1.807, 2.05) is 0 Å². The molecule has 2 unspecified atom stereocenters. The molecule has 0 aromatic carbocycles. The van der Waals surface area contributed by atoms with Crippen LogP contribution in [0.5, 0.6) is 0 Å². The van der Waals surface area contributed by atoms with Gasteiger partial charge in [-0.1, -0.05) is 130 Å². The van der Waals surface area contributed by atoms with Crippen LogP contribution in [0.15, 0.2) is 0 Å². The van der Waals surface area contributed by atoms with E-state index in [0.717, 1.165) is 12.8 Å². The molecule has 0 rings (SSSR count). The fourth-order valence-corrected chi connectivity index (χ4v) is 5.50. The number of hydrogen-bond donors (Lipinski definition) is 3. The molecule has 31 heavy (non-hydrogen) atoms. The highest BCUT2D eigenvalue weighted by Crippen LogP contribution is 2.38. The van der Waals surface area contributed by atoms with Crippen LogP contribution in [-0.4, -0.2) is 28.7 Å². The van der Waals surface area contributed by atoms with Gasteiger partial charge in [-0.2, -0.15) is 12.6 Å². The molecule has 2 N–H and O–H groups in total. The first-order valence-corrected chi connectivity index (χ1v) is 14.1. The lowest BCUT2D eigenvalue weighted by Gasteiger charge is -2.36. The van der Waals surface area contributed by atoms with E-state index >= 15 is 0 Å². The Balaban J connectivity index is 5.16.